The molecule has 4 heteroatoms. The molecule has 0 aliphatic carbocycles. The molecule has 2 heterocycles. The first kappa shape index (κ1) is 8.61. The normalized spacial score (nSPS) is 10.5. The highest BCUT2D eigenvalue weighted by Crippen LogP contribution is 2.18. The minimum Gasteiger partial charge on any atom is -0.263 e. The second-order valence-electron chi connectivity index (χ2n) is 2.35. The fourth-order valence-electron chi connectivity index (χ4n) is 0.997. The zero-order valence-corrected chi connectivity index (χ0v) is 10.3. The SMILES string of the molecule is Ic1cnc2c(I)cncc2c1. The Morgan fingerprint density at radius 3 is 2.75 bits per heavy atom. The summed E-state index contributed by atoms with van der Waals surface area (Å²) in [5.74, 6) is 0. The van der Waals surface area contributed by atoms with Crippen LogP contribution in [0.1, 0.15) is 0 Å². The molecule has 2 rings (SSSR count). The van der Waals surface area contributed by atoms with E-state index in [1.54, 1.807) is 0 Å². The fourth-order valence-corrected chi connectivity index (χ4v) is 2.08. The zero-order valence-electron chi connectivity index (χ0n) is 5.96. The largest absolute Gasteiger partial charge is 0.263 e. The summed E-state index contributed by atoms with van der Waals surface area (Å²) in [6.07, 6.45) is 5.53. The Kier molecular flexibility index (Phi) is 2.44. The summed E-state index contributed by atoms with van der Waals surface area (Å²) in [4.78, 5) is 8.43. The Bertz CT molecular complexity index is 428. The maximum atomic E-state index is 4.33. The van der Waals surface area contributed by atoms with Crippen molar-refractivity contribution in [2.24, 2.45) is 0 Å². The Balaban J connectivity index is 2.86. The van der Waals surface area contributed by atoms with Crippen LogP contribution in [0.3, 0.4) is 0 Å². The lowest BCUT2D eigenvalue weighted by Crippen LogP contribution is -1.85. The number of hydrogen-bond donors (Lipinski definition) is 0. The summed E-state index contributed by atoms with van der Waals surface area (Å²) in [6.45, 7) is 0. The topological polar surface area (TPSA) is 25.8 Å². The number of nitrogens with zero attached hydrogens (tertiary/aromatic N) is 2. The van der Waals surface area contributed by atoms with Crippen molar-refractivity contribution in [3.63, 3.8) is 0 Å². The van der Waals surface area contributed by atoms with Gasteiger partial charge < -0.3 is 0 Å². The predicted molar refractivity (Wildman–Crippen MR) is 65.0 cm³/mol. The summed E-state index contributed by atoms with van der Waals surface area (Å²) in [5.41, 5.74) is 1.03. The van der Waals surface area contributed by atoms with Crippen LogP contribution >= 0.6 is 45.2 Å². The first-order valence-electron chi connectivity index (χ1n) is 3.32. The van der Waals surface area contributed by atoms with Crippen molar-refractivity contribution in [2.45, 2.75) is 0 Å². The maximum Gasteiger partial charge on any atom is 0.0867 e. The molecule has 0 fully saturated rings. The van der Waals surface area contributed by atoms with Gasteiger partial charge in [0.05, 0.1) is 9.09 Å². The van der Waals surface area contributed by atoms with Crippen LogP contribution in [0.2, 0.25) is 0 Å². The van der Waals surface area contributed by atoms with Crippen LogP contribution < -0.4 is 0 Å². The van der Waals surface area contributed by atoms with Gasteiger partial charge in [0.15, 0.2) is 0 Å². The third kappa shape index (κ3) is 1.54. The third-order valence-electron chi connectivity index (χ3n) is 1.51. The molecule has 0 N–H and O–H groups in total. The minimum absolute atomic E-state index is 1.03. The fraction of sp³-hybridized carbons (Fsp3) is 0. The molecule has 0 radical (unpaired) electrons. The van der Waals surface area contributed by atoms with E-state index in [2.05, 4.69) is 61.2 Å². The van der Waals surface area contributed by atoms with Gasteiger partial charge >= 0.3 is 0 Å². The van der Waals surface area contributed by atoms with Crippen molar-refractivity contribution in [2.75, 3.05) is 0 Å². The van der Waals surface area contributed by atoms with Gasteiger partial charge in [-0.2, -0.15) is 0 Å². The second-order valence-corrected chi connectivity index (χ2v) is 4.75. The standard InChI is InChI=1S/C8H4I2N2/c9-6-1-5-2-11-4-7(10)8(5)12-3-6/h1-4H. The molecular formula is C8H4I2N2. The monoisotopic (exact) mass is 382 g/mol. The quantitative estimate of drug-likeness (QED) is 0.656. The van der Waals surface area contributed by atoms with E-state index in [0.717, 1.165) is 18.0 Å². The van der Waals surface area contributed by atoms with Gasteiger partial charge in [-0.1, -0.05) is 0 Å². The van der Waals surface area contributed by atoms with Gasteiger partial charge in [0.2, 0.25) is 0 Å². The lowest BCUT2D eigenvalue weighted by atomic mass is 10.3. The van der Waals surface area contributed by atoms with Gasteiger partial charge in [-0.3, -0.25) is 9.97 Å². The van der Waals surface area contributed by atoms with Crippen LogP contribution in [0.25, 0.3) is 10.9 Å². The van der Waals surface area contributed by atoms with Crippen molar-refractivity contribution in [1.82, 2.24) is 9.97 Å². The van der Waals surface area contributed by atoms with E-state index < -0.39 is 0 Å². The molecule has 12 heavy (non-hydrogen) atoms. The predicted octanol–water partition coefficient (Wildman–Crippen LogP) is 2.84. The highest BCUT2D eigenvalue weighted by atomic mass is 127. The van der Waals surface area contributed by atoms with Crippen molar-refractivity contribution in [3.05, 3.63) is 31.8 Å². The molecule has 2 aromatic heterocycles. The number of hydrogen-bond acceptors (Lipinski definition) is 2. The summed E-state index contributed by atoms with van der Waals surface area (Å²) in [6, 6.07) is 2.08. The molecule has 0 saturated carbocycles. The molecule has 2 aromatic rings. The molecule has 0 unspecified atom stereocenters. The van der Waals surface area contributed by atoms with Gasteiger partial charge in [0, 0.05) is 27.5 Å². The van der Waals surface area contributed by atoms with Crippen LogP contribution in [0.15, 0.2) is 24.7 Å². The molecule has 2 nitrogen and oxygen atoms in total. The third-order valence-corrected chi connectivity index (χ3v) is 2.89. The van der Waals surface area contributed by atoms with Crippen molar-refractivity contribution >= 4 is 56.1 Å². The Morgan fingerprint density at radius 2 is 1.92 bits per heavy atom. The van der Waals surface area contributed by atoms with Crippen molar-refractivity contribution in [3.8, 4) is 0 Å². The minimum atomic E-state index is 1.03. The van der Waals surface area contributed by atoms with Crippen LogP contribution in [0.4, 0.5) is 0 Å². The van der Waals surface area contributed by atoms with E-state index >= 15 is 0 Å². The first-order valence-corrected chi connectivity index (χ1v) is 5.48. The van der Waals surface area contributed by atoms with Crippen molar-refractivity contribution in [1.29, 1.82) is 0 Å². The summed E-state index contributed by atoms with van der Waals surface area (Å²) in [7, 11) is 0. The van der Waals surface area contributed by atoms with Crippen LogP contribution in [-0.4, -0.2) is 9.97 Å². The molecule has 0 atom stereocenters. The van der Waals surface area contributed by atoms with Gasteiger partial charge in [-0.25, -0.2) is 0 Å². The molecule has 0 aliphatic rings. The van der Waals surface area contributed by atoms with E-state index in [-0.39, 0.29) is 0 Å². The average molecular weight is 382 g/mol. The van der Waals surface area contributed by atoms with E-state index in [9.17, 15) is 0 Å². The molecule has 0 aliphatic heterocycles. The number of pyridine rings is 2. The number of fused-ring (bicyclic) bond motifs is 1. The van der Waals surface area contributed by atoms with Crippen LogP contribution in [0, 0.1) is 7.14 Å². The van der Waals surface area contributed by atoms with Gasteiger partial charge in [-0.15, -0.1) is 0 Å². The Labute approximate surface area is 97.1 Å². The molecular weight excluding hydrogens is 378 g/mol. The van der Waals surface area contributed by atoms with Gasteiger partial charge in [0.25, 0.3) is 0 Å². The molecule has 60 valence electrons. The highest BCUT2D eigenvalue weighted by molar-refractivity contribution is 14.1. The number of halogens is 2. The van der Waals surface area contributed by atoms with Crippen LogP contribution in [-0.2, 0) is 0 Å². The van der Waals surface area contributed by atoms with E-state index in [4.69, 9.17) is 0 Å². The smallest absolute Gasteiger partial charge is 0.0867 e. The van der Waals surface area contributed by atoms with E-state index in [1.807, 2.05) is 18.6 Å². The molecule has 0 spiro atoms. The molecule has 0 saturated heterocycles. The lowest BCUT2D eigenvalue weighted by molar-refractivity contribution is 1.30. The number of rotatable bonds is 0. The molecule has 0 amide bonds. The van der Waals surface area contributed by atoms with E-state index in [1.165, 1.54) is 0 Å². The summed E-state index contributed by atoms with van der Waals surface area (Å²) in [5, 5.41) is 1.11. The molecule has 0 aromatic carbocycles. The van der Waals surface area contributed by atoms with Gasteiger partial charge in [-0.05, 0) is 51.2 Å². The van der Waals surface area contributed by atoms with Gasteiger partial charge in [0.1, 0.15) is 0 Å². The summed E-state index contributed by atoms with van der Waals surface area (Å²) >= 11 is 4.49. The lowest BCUT2D eigenvalue weighted by Gasteiger charge is -1.98. The zero-order chi connectivity index (χ0) is 8.55. The second kappa shape index (κ2) is 3.41. The maximum absolute atomic E-state index is 4.33. The van der Waals surface area contributed by atoms with Crippen molar-refractivity contribution < 1.29 is 0 Å². The summed E-state index contributed by atoms with van der Waals surface area (Å²) < 4.78 is 2.24. The first-order chi connectivity index (χ1) is 5.77. The van der Waals surface area contributed by atoms with Crippen LogP contribution in [0.5, 0.6) is 0 Å². The molecule has 0 bridgehead atoms. The number of aromatic nitrogens is 2. The Morgan fingerprint density at radius 1 is 1.08 bits per heavy atom. The average Bonchev–Trinajstić information content (AvgIpc) is 2.04. The van der Waals surface area contributed by atoms with E-state index in [0.29, 0.717) is 0 Å². The highest BCUT2D eigenvalue weighted by Gasteiger charge is 1.99. The Hall–Kier alpha value is 0.0200.